The Bertz CT molecular complexity index is 1970. The lowest BCUT2D eigenvalue weighted by Gasteiger charge is -2.23. The van der Waals surface area contributed by atoms with E-state index in [1.807, 2.05) is 61.8 Å². The summed E-state index contributed by atoms with van der Waals surface area (Å²) in [5, 5.41) is 37.8. The zero-order valence-corrected chi connectivity index (χ0v) is 35.0. The number of anilines is 1. The van der Waals surface area contributed by atoms with Gasteiger partial charge in [-0.05, 0) is 111 Å². The minimum absolute atomic E-state index is 0.0528. The predicted molar refractivity (Wildman–Crippen MR) is 233 cm³/mol. The van der Waals surface area contributed by atoms with Crippen LogP contribution in [0.15, 0.2) is 97.3 Å². The predicted octanol–water partition coefficient (Wildman–Crippen LogP) is 7.33. The molecule has 11 nitrogen and oxygen atoms in total. The van der Waals surface area contributed by atoms with E-state index in [1.54, 1.807) is 0 Å². The number of carbonyl (C=O) groups is 2. The number of rotatable bonds is 23. The van der Waals surface area contributed by atoms with E-state index in [2.05, 4.69) is 57.7 Å². The molecule has 0 unspecified atom stereocenters. The summed E-state index contributed by atoms with van der Waals surface area (Å²) in [7, 11) is 0. The molecule has 1 saturated heterocycles. The number of carbonyl (C=O) groups excluding carboxylic acids is 2. The number of unbranched alkanes of at least 4 members (excludes halogenated alkanes) is 1. The molecule has 6 rings (SSSR count). The molecule has 2 aliphatic rings. The molecule has 2 fully saturated rings. The zero-order valence-electron chi connectivity index (χ0n) is 35.0. The average molecular weight is 822 g/mol. The normalized spacial score (nSPS) is 21.0. The molecule has 1 aliphatic heterocycles. The number of allylic oxidation sites excluding steroid dienone is 2. The molecule has 4 aromatic rings. The number of likely N-dealkylation sites (tertiary alicyclic amines) is 1. The Morgan fingerprint density at radius 3 is 2.58 bits per heavy atom. The number of nitrogens with one attached hydrogen (secondary N) is 1. The van der Waals surface area contributed by atoms with Crippen LogP contribution in [0.25, 0.3) is 10.8 Å². The number of hydrogen-bond acceptors (Lipinski definition) is 11. The Morgan fingerprint density at radius 2 is 1.73 bits per heavy atom. The Labute approximate surface area is 354 Å². The molecule has 11 heteroatoms. The first-order valence-corrected chi connectivity index (χ1v) is 21.8. The Balaban J connectivity index is 0.795. The van der Waals surface area contributed by atoms with Gasteiger partial charge < -0.3 is 34.8 Å². The van der Waals surface area contributed by atoms with Crippen LogP contribution in [0.3, 0.4) is 0 Å². The maximum absolute atomic E-state index is 12.4. The number of benzene rings is 3. The molecule has 3 aromatic carbocycles. The number of aliphatic hydroxyl groups is 3. The zero-order chi connectivity index (χ0) is 42.1. The summed E-state index contributed by atoms with van der Waals surface area (Å²) in [4.78, 5) is 31.4. The summed E-state index contributed by atoms with van der Waals surface area (Å²) in [6, 6.07) is 24.9. The number of aryl methyl sites for hydroxylation is 2. The summed E-state index contributed by atoms with van der Waals surface area (Å²) in [5.74, 6) is -0.216. The standard InChI is InChI=1S/C49H63N3O8/c1-35-17-18-37(32-52-26-24-39(33-52)51-44-15-9-13-38-31-50-25-23-41(38)44)29-47(35)60-34-49(57)59-28-10-27-58-48(56)16-8-3-2-7-14-42-43(46(55)30-45(42)54)22-21-40(53)20-19-36-11-5-4-6-12-36/h2,4-7,9,11-13,15,17-18,23,25,29,31,39-40,42-43,45-46,51,53-55H,3,8,10,14,16,19-22,24,26-28,30,32-34H2,1H3/t39-,40+,42-,43-,45+,46-/m1/s1. The summed E-state index contributed by atoms with van der Waals surface area (Å²) in [5.41, 5.74) is 4.40. The fourth-order valence-electron chi connectivity index (χ4n) is 8.55. The number of ether oxygens (including phenoxy) is 3. The van der Waals surface area contributed by atoms with Crippen LogP contribution >= 0.6 is 0 Å². The molecule has 322 valence electrons. The van der Waals surface area contributed by atoms with E-state index >= 15 is 0 Å². The highest BCUT2D eigenvalue weighted by Gasteiger charge is 2.40. The van der Waals surface area contributed by atoms with Crippen molar-refractivity contribution in [3.8, 4) is 5.75 Å². The van der Waals surface area contributed by atoms with E-state index < -0.39 is 24.3 Å². The molecule has 0 spiro atoms. The van der Waals surface area contributed by atoms with Crippen molar-refractivity contribution in [2.24, 2.45) is 11.8 Å². The molecule has 0 radical (unpaired) electrons. The van der Waals surface area contributed by atoms with E-state index in [0.717, 1.165) is 54.7 Å². The number of hydrogen-bond donors (Lipinski definition) is 4. The van der Waals surface area contributed by atoms with E-state index in [0.29, 0.717) is 63.2 Å². The molecule has 0 amide bonds. The fraction of sp³-hybridized carbons (Fsp3) is 0.490. The van der Waals surface area contributed by atoms with Crippen LogP contribution in [-0.4, -0.2) is 94.4 Å². The van der Waals surface area contributed by atoms with Gasteiger partial charge in [0.2, 0.25) is 0 Å². The van der Waals surface area contributed by atoms with Crippen LogP contribution in [0.1, 0.15) is 80.9 Å². The second kappa shape index (κ2) is 23.3. The highest BCUT2D eigenvalue weighted by molar-refractivity contribution is 5.93. The van der Waals surface area contributed by atoms with Gasteiger partial charge in [0.05, 0.1) is 31.5 Å². The van der Waals surface area contributed by atoms with Crippen LogP contribution in [0.2, 0.25) is 0 Å². The summed E-state index contributed by atoms with van der Waals surface area (Å²) >= 11 is 0. The van der Waals surface area contributed by atoms with Gasteiger partial charge in [0.15, 0.2) is 6.61 Å². The topological polar surface area (TPSA) is 151 Å². The number of fused-ring (bicyclic) bond motifs is 1. The SMILES string of the molecule is Cc1ccc(CN2CC[C@@H](Nc3cccc4cnccc34)C2)cc1OCC(=O)OCCCOC(=O)CCCC=CC[C@@H]1[C@@H](CC[C@@H](O)CCc2ccccc2)[C@H](O)C[C@@H]1O. The monoisotopic (exact) mass is 821 g/mol. The highest BCUT2D eigenvalue weighted by Crippen LogP contribution is 2.38. The number of aliphatic hydroxyl groups excluding tert-OH is 3. The van der Waals surface area contributed by atoms with Crippen molar-refractivity contribution in [2.75, 3.05) is 38.2 Å². The maximum Gasteiger partial charge on any atom is 0.344 e. The minimum atomic E-state index is -0.567. The lowest BCUT2D eigenvalue weighted by atomic mass is 9.85. The average Bonchev–Trinajstić information content (AvgIpc) is 3.81. The van der Waals surface area contributed by atoms with Crippen molar-refractivity contribution in [3.05, 3.63) is 114 Å². The Hall–Kier alpha value is -4.81. The van der Waals surface area contributed by atoms with Crippen LogP contribution in [-0.2, 0) is 32.0 Å². The third-order valence-electron chi connectivity index (χ3n) is 11.9. The molecular formula is C49H63N3O8. The van der Waals surface area contributed by atoms with E-state index in [1.165, 1.54) is 10.9 Å². The number of esters is 2. The first kappa shape index (κ1) is 44.7. The number of pyridine rings is 1. The quantitative estimate of drug-likeness (QED) is 0.0338. The number of nitrogens with zero attached hydrogens (tertiary/aromatic N) is 2. The molecule has 60 heavy (non-hydrogen) atoms. The van der Waals surface area contributed by atoms with Gasteiger partial charge >= 0.3 is 11.9 Å². The van der Waals surface area contributed by atoms with Gasteiger partial charge in [-0.1, -0.05) is 66.7 Å². The molecule has 0 bridgehead atoms. The van der Waals surface area contributed by atoms with Crippen molar-refractivity contribution in [1.82, 2.24) is 9.88 Å². The van der Waals surface area contributed by atoms with Crippen LogP contribution in [0.4, 0.5) is 5.69 Å². The van der Waals surface area contributed by atoms with Gasteiger partial charge in [-0.2, -0.15) is 0 Å². The van der Waals surface area contributed by atoms with Crippen molar-refractivity contribution in [2.45, 2.75) is 108 Å². The second-order valence-electron chi connectivity index (χ2n) is 16.5. The minimum Gasteiger partial charge on any atom is -0.482 e. The van der Waals surface area contributed by atoms with Crippen molar-refractivity contribution in [3.63, 3.8) is 0 Å². The van der Waals surface area contributed by atoms with Gasteiger partial charge in [0.1, 0.15) is 5.75 Å². The van der Waals surface area contributed by atoms with Crippen LogP contribution in [0, 0.1) is 18.8 Å². The smallest absolute Gasteiger partial charge is 0.344 e. The maximum atomic E-state index is 12.4. The molecule has 1 aliphatic carbocycles. The molecule has 4 N–H and O–H groups in total. The van der Waals surface area contributed by atoms with Gasteiger partial charge in [-0.3, -0.25) is 14.7 Å². The van der Waals surface area contributed by atoms with Crippen LogP contribution < -0.4 is 10.1 Å². The summed E-state index contributed by atoms with van der Waals surface area (Å²) < 4.78 is 16.5. The Kier molecular flexibility index (Phi) is 17.3. The molecule has 6 atom stereocenters. The van der Waals surface area contributed by atoms with Gasteiger partial charge in [0, 0.05) is 67.4 Å². The van der Waals surface area contributed by atoms with Gasteiger partial charge in [0.25, 0.3) is 0 Å². The van der Waals surface area contributed by atoms with Crippen molar-refractivity contribution in [1.29, 1.82) is 0 Å². The van der Waals surface area contributed by atoms with Crippen molar-refractivity contribution < 1.29 is 39.1 Å². The van der Waals surface area contributed by atoms with E-state index in [4.69, 9.17) is 14.2 Å². The lowest BCUT2D eigenvalue weighted by Crippen LogP contribution is -2.26. The molecule has 1 aromatic heterocycles. The second-order valence-corrected chi connectivity index (χ2v) is 16.5. The van der Waals surface area contributed by atoms with Crippen molar-refractivity contribution >= 4 is 28.4 Å². The summed E-state index contributed by atoms with van der Waals surface area (Å²) in [6.45, 7) is 4.75. The molecule has 2 heterocycles. The first-order chi connectivity index (χ1) is 29.2. The van der Waals surface area contributed by atoms with Gasteiger partial charge in [-0.25, -0.2) is 4.79 Å². The highest BCUT2D eigenvalue weighted by atomic mass is 16.6. The fourth-order valence-corrected chi connectivity index (χ4v) is 8.55. The van der Waals surface area contributed by atoms with Gasteiger partial charge in [-0.15, -0.1) is 0 Å². The number of aromatic nitrogens is 1. The van der Waals surface area contributed by atoms with E-state index in [9.17, 15) is 24.9 Å². The Morgan fingerprint density at radius 1 is 0.917 bits per heavy atom. The first-order valence-electron chi connectivity index (χ1n) is 21.8. The molecular weight excluding hydrogens is 759 g/mol. The lowest BCUT2D eigenvalue weighted by molar-refractivity contribution is -0.147. The third kappa shape index (κ3) is 13.9. The molecule has 1 saturated carbocycles. The third-order valence-corrected chi connectivity index (χ3v) is 11.9. The largest absolute Gasteiger partial charge is 0.482 e. The van der Waals surface area contributed by atoms with E-state index in [-0.39, 0.29) is 44.0 Å². The summed E-state index contributed by atoms with van der Waals surface area (Å²) in [6.07, 6.45) is 13.0. The van der Waals surface area contributed by atoms with Crippen LogP contribution in [0.5, 0.6) is 5.75 Å².